The van der Waals surface area contributed by atoms with Crippen molar-refractivity contribution in [1.29, 1.82) is 0 Å². The van der Waals surface area contributed by atoms with Gasteiger partial charge in [0.25, 0.3) is 0 Å². The van der Waals surface area contributed by atoms with Gasteiger partial charge in [0.05, 0.1) is 0 Å². The van der Waals surface area contributed by atoms with Crippen molar-refractivity contribution in [3.63, 3.8) is 0 Å². The Labute approximate surface area is 118 Å². The summed E-state index contributed by atoms with van der Waals surface area (Å²) < 4.78 is 0. The van der Waals surface area contributed by atoms with Crippen LogP contribution < -0.4 is 10.6 Å². The smallest absolute Gasteiger partial charge is 0.139 e. The highest BCUT2D eigenvalue weighted by Crippen LogP contribution is 2.25. The van der Waals surface area contributed by atoms with Gasteiger partial charge >= 0.3 is 0 Å². The third kappa shape index (κ3) is 3.35. The van der Waals surface area contributed by atoms with Crippen LogP contribution in [-0.2, 0) is 6.42 Å². The summed E-state index contributed by atoms with van der Waals surface area (Å²) in [6, 6.07) is 7.59. The average molecular weight is 277 g/mol. The molecule has 0 aliphatic rings. The van der Waals surface area contributed by atoms with E-state index in [0.717, 1.165) is 35.7 Å². The fraction of sp³-hybridized carbons (Fsp3) is 0.286. The molecule has 0 amide bonds. The molecule has 2 aromatic rings. The molecule has 2 N–H and O–H groups in total. The number of nitrogens with one attached hydrogen (secondary N) is 2. The summed E-state index contributed by atoms with van der Waals surface area (Å²) in [7, 11) is 1.87. The minimum absolute atomic E-state index is 0.699. The first kappa shape index (κ1) is 13.6. The molecule has 0 radical (unpaired) electrons. The largest absolute Gasteiger partial charge is 0.373 e. The predicted octanol–water partition coefficient (Wildman–Crippen LogP) is 3.87. The van der Waals surface area contributed by atoms with Crippen LogP contribution in [0.3, 0.4) is 0 Å². The van der Waals surface area contributed by atoms with Crippen LogP contribution in [0.2, 0.25) is 5.02 Å². The lowest BCUT2D eigenvalue weighted by molar-refractivity contribution is 0.905. The molecule has 0 saturated carbocycles. The van der Waals surface area contributed by atoms with Crippen LogP contribution in [0.5, 0.6) is 0 Å². The Bertz CT molecular complexity index is 557. The van der Waals surface area contributed by atoms with E-state index in [0.29, 0.717) is 5.02 Å². The first-order valence-corrected chi connectivity index (χ1v) is 6.66. The van der Waals surface area contributed by atoms with Gasteiger partial charge in [-0.3, -0.25) is 0 Å². The van der Waals surface area contributed by atoms with Crippen LogP contribution in [-0.4, -0.2) is 17.0 Å². The van der Waals surface area contributed by atoms with E-state index in [1.54, 1.807) is 6.33 Å². The number of rotatable bonds is 5. The third-order valence-corrected chi connectivity index (χ3v) is 3.00. The molecule has 5 heteroatoms. The summed E-state index contributed by atoms with van der Waals surface area (Å²) in [5.41, 5.74) is 2.01. The van der Waals surface area contributed by atoms with Crippen LogP contribution in [0.25, 0.3) is 0 Å². The normalized spacial score (nSPS) is 10.3. The van der Waals surface area contributed by atoms with Crippen LogP contribution in [0.4, 0.5) is 17.3 Å². The topological polar surface area (TPSA) is 49.8 Å². The van der Waals surface area contributed by atoms with Crippen molar-refractivity contribution in [1.82, 2.24) is 9.97 Å². The number of nitrogens with zero attached hydrogens (tertiary/aromatic N) is 2. The lowest BCUT2D eigenvalue weighted by Crippen LogP contribution is -2.05. The predicted molar refractivity (Wildman–Crippen MR) is 80.3 cm³/mol. The molecule has 0 atom stereocenters. The number of halogens is 1. The highest BCUT2D eigenvalue weighted by molar-refractivity contribution is 6.30. The number of anilines is 3. The maximum Gasteiger partial charge on any atom is 0.139 e. The summed E-state index contributed by atoms with van der Waals surface area (Å²) >= 11 is 5.99. The molecule has 1 aromatic heterocycles. The van der Waals surface area contributed by atoms with E-state index in [2.05, 4.69) is 27.5 Å². The summed E-state index contributed by atoms with van der Waals surface area (Å²) in [5.74, 6) is 1.69. The lowest BCUT2D eigenvalue weighted by atomic mass is 10.1. The number of aromatic nitrogens is 2. The van der Waals surface area contributed by atoms with Crippen molar-refractivity contribution in [2.45, 2.75) is 19.8 Å². The summed E-state index contributed by atoms with van der Waals surface area (Å²) in [4.78, 5) is 8.57. The maximum absolute atomic E-state index is 5.99. The van der Waals surface area contributed by atoms with Gasteiger partial charge < -0.3 is 10.6 Å². The minimum atomic E-state index is 0.699. The second-order valence-electron chi connectivity index (χ2n) is 4.18. The Morgan fingerprint density at radius 3 is 2.68 bits per heavy atom. The minimum Gasteiger partial charge on any atom is -0.373 e. The monoisotopic (exact) mass is 276 g/mol. The van der Waals surface area contributed by atoms with E-state index in [1.807, 2.05) is 31.3 Å². The molecule has 4 nitrogen and oxygen atoms in total. The summed E-state index contributed by atoms with van der Waals surface area (Å²) in [5, 5.41) is 7.10. The van der Waals surface area contributed by atoms with Gasteiger partial charge in [-0.05, 0) is 24.6 Å². The lowest BCUT2D eigenvalue weighted by Gasteiger charge is -2.13. The van der Waals surface area contributed by atoms with Crippen molar-refractivity contribution in [2.75, 3.05) is 17.7 Å². The molecule has 0 aliphatic heterocycles. The van der Waals surface area contributed by atoms with Gasteiger partial charge in [0.1, 0.15) is 18.0 Å². The molecule has 0 fully saturated rings. The van der Waals surface area contributed by atoms with Crippen molar-refractivity contribution in [2.24, 2.45) is 0 Å². The Morgan fingerprint density at radius 1 is 1.21 bits per heavy atom. The summed E-state index contributed by atoms with van der Waals surface area (Å²) in [6.07, 6.45) is 3.50. The molecule has 1 heterocycles. The fourth-order valence-corrected chi connectivity index (χ4v) is 2.12. The molecular weight excluding hydrogens is 260 g/mol. The number of hydrogen-bond donors (Lipinski definition) is 2. The first-order valence-electron chi connectivity index (χ1n) is 6.28. The molecule has 0 bridgehead atoms. The van der Waals surface area contributed by atoms with Gasteiger partial charge in [0.15, 0.2) is 0 Å². The highest BCUT2D eigenvalue weighted by Gasteiger charge is 2.09. The summed E-state index contributed by atoms with van der Waals surface area (Å²) in [6.45, 7) is 2.13. The van der Waals surface area contributed by atoms with Crippen LogP contribution in [0.15, 0.2) is 30.6 Å². The number of benzene rings is 1. The maximum atomic E-state index is 5.99. The molecule has 0 unspecified atom stereocenters. The standard InChI is InChI=1S/C14H17ClN4/c1-3-5-12-13(16-2)17-9-18-14(12)19-11-7-4-6-10(15)8-11/h4,6-9H,3,5H2,1-2H3,(H2,16,17,18,19). The van der Waals surface area contributed by atoms with E-state index < -0.39 is 0 Å². The third-order valence-electron chi connectivity index (χ3n) is 2.77. The van der Waals surface area contributed by atoms with Gasteiger partial charge in [-0.15, -0.1) is 0 Å². The van der Waals surface area contributed by atoms with Crippen molar-refractivity contribution >= 4 is 28.9 Å². The van der Waals surface area contributed by atoms with Gasteiger partial charge in [-0.2, -0.15) is 0 Å². The van der Waals surface area contributed by atoms with E-state index in [-0.39, 0.29) is 0 Å². The quantitative estimate of drug-likeness (QED) is 0.870. The zero-order valence-electron chi connectivity index (χ0n) is 11.1. The molecule has 1 aromatic carbocycles. The SMILES string of the molecule is CCCc1c(NC)ncnc1Nc1cccc(Cl)c1. The molecule has 0 aliphatic carbocycles. The van der Waals surface area contributed by atoms with E-state index in [1.165, 1.54) is 0 Å². The van der Waals surface area contributed by atoms with E-state index in [9.17, 15) is 0 Å². The van der Waals surface area contributed by atoms with Gasteiger partial charge in [0.2, 0.25) is 0 Å². The van der Waals surface area contributed by atoms with Crippen LogP contribution in [0.1, 0.15) is 18.9 Å². The second kappa shape index (κ2) is 6.38. The molecule has 0 spiro atoms. The second-order valence-corrected chi connectivity index (χ2v) is 4.62. The Balaban J connectivity index is 2.33. The zero-order valence-corrected chi connectivity index (χ0v) is 11.8. The molecule has 0 saturated heterocycles. The highest BCUT2D eigenvalue weighted by atomic mass is 35.5. The molecule has 2 rings (SSSR count). The Morgan fingerprint density at radius 2 is 2.00 bits per heavy atom. The molecule has 100 valence electrons. The molecular formula is C14H17ClN4. The van der Waals surface area contributed by atoms with Gasteiger partial charge in [-0.25, -0.2) is 9.97 Å². The van der Waals surface area contributed by atoms with Crippen molar-refractivity contribution in [3.05, 3.63) is 41.2 Å². The Kier molecular flexibility index (Phi) is 4.58. The molecule has 19 heavy (non-hydrogen) atoms. The van der Waals surface area contributed by atoms with E-state index >= 15 is 0 Å². The Hall–Kier alpha value is -1.81. The van der Waals surface area contributed by atoms with Gasteiger partial charge in [-0.1, -0.05) is 31.0 Å². The fourth-order valence-electron chi connectivity index (χ4n) is 1.93. The van der Waals surface area contributed by atoms with Crippen molar-refractivity contribution in [3.8, 4) is 0 Å². The van der Waals surface area contributed by atoms with Gasteiger partial charge in [0, 0.05) is 23.3 Å². The van der Waals surface area contributed by atoms with Crippen molar-refractivity contribution < 1.29 is 0 Å². The van der Waals surface area contributed by atoms with Crippen LogP contribution in [0, 0.1) is 0 Å². The first-order chi connectivity index (χ1) is 9.24. The van der Waals surface area contributed by atoms with Crippen LogP contribution >= 0.6 is 11.6 Å². The number of hydrogen-bond acceptors (Lipinski definition) is 4. The van der Waals surface area contributed by atoms with E-state index in [4.69, 9.17) is 11.6 Å². The average Bonchev–Trinajstić information content (AvgIpc) is 2.41. The zero-order chi connectivity index (χ0) is 13.7.